The molecular weight excluding hydrogens is 236 g/mol. The summed E-state index contributed by atoms with van der Waals surface area (Å²) < 4.78 is 10.7. The maximum absolute atomic E-state index is 11.4. The van der Waals surface area contributed by atoms with Crippen molar-refractivity contribution >= 4 is 12.3 Å². The normalized spacial score (nSPS) is 30.3. The minimum absolute atomic E-state index is 0.214. The molecule has 6 heteroatoms. The Hall–Kier alpha value is -0.980. The fourth-order valence-electron chi connectivity index (χ4n) is 2.56. The van der Waals surface area contributed by atoms with E-state index in [1.54, 1.807) is 0 Å². The number of carbonyl (C=O) groups is 2. The average molecular weight is 256 g/mol. The molecule has 0 aromatic rings. The predicted molar refractivity (Wildman–Crippen MR) is 63.7 cm³/mol. The minimum atomic E-state index is -0.629. The smallest absolute Gasteiger partial charge is 0.316 e. The summed E-state index contributed by atoms with van der Waals surface area (Å²) in [5.41, 5.74) is 0. The number of aldehydes is 1. The van der Waals surface area contributed by atoms with Crippen LogP contribution in [0, 0.1) is 0 Å². The molecule has 2 atom stereocenters. The first-order valence-electron chi connectivity index (χ1n) is 6.45. The van der Waals surface area contributed by atoms with Crippen LogP contribution in [0.5, 0.6) is 0 Å². The largest absolute Gasteiger partial charge is 0.421 e. The number of rotatable bonds is 4. The van der Waals surface area contributed by atoms with Crippen molar-refractivity contribution in [2.24, 2.45) is 0 Å². The van der Waals surface area contributed by atoms with E-state index in [4.69, 9.17) is 9.47 Å². The molecule has 0 amide bonds. The van der Waals surface area contributed by atoms with Crippen LogP contribution in [-0.4, -0.2) is 55.3 Å². The van der Waals surface area contributed by atoms with E-state index in [1.165, 1.54) is 0 Å². The lowest BCUT2D eigenvalue weighted by molar-refractivity contribution is -0.200. The number of hydrogen-bond donors (Lipinski definition) is 1. The van der Waals surface area contributed by atoms with Crippen molar-refractivity contribution in [2.45, 2.75) is 44.7 Å². The van der Waals surface area contributed by atoms with Gasteiger partial charge in [-0.1, -0.05) is 0 Å². The molecule has 0 bridgehead atoms. The van der Waals surface area contributed by atoms with Crippen molar-refractivity contribution in [3.8, 4) is 0 Å². The number of hydrogen-bond acceptors (Lipinski definition) is 6. The molecule has 0 aromatic carbocycles. The van der Waals surface area contributed by atoms with Gasteiger partial charge in [-0.15, -0.1) is 0 Å². The number of nitrogens with zero attached hydrogens (tertiary/aromatic N) is 1. The third kappa shape index (κ3) is 3.07. The summed E-state index contributed by atoms with van der Waals surface area (Å²) in [7, 11) is 0. The molecule has 1 N–H and O–H groups in total. The van der Waals surface area contributed by atoms with Crippen LogP contribution in [0.2, 0.25) is 0 Å². The van der Waals surface area contributed by atoms with Gasteiger partial charge in [0.05, 0.1) is 6.61 Å². The van der Waals surface area contributed by atoms with Crippen molar-refractivity contribution in [3.63, 3.8) is 0 Å². The molecule has 2 fully saturated rings. The van der Waals surface area contributed by atoms with Gasteiger partial charge in [-0.2, -0.15) is 0 Å². The molecule has 102 valence electrons. The molecule has 2 aliphatic rings. The zero-order chi connectivity index (χ0) is 13.0. The number of piperidine rings is 1. The second-order valence-corrected chi connectivity index (χ2v) is 4.78. The standard InChI is InChI=1S/C12H20N2O4/c1-9-8-17-12(18-11(16)4-7-15)14(9)10-2-5-13-6-3-10/h7,9-10,12-13H,2-6,8H2,1H3/t9-,12?/m1/s1. The van der Waals surface area contributed by atoms with Gasteiger partial charge in [-0.05, 0) is 32.9 Å². The number of esters is 1. The van der Waals surface area contributed by atoms with E-state index >= 15 is 0 Å². The summed E-state index contributed by atoms with van der Waals surface area (Å²) in [6.45, 7) is 4.57. The fraction of sp³-hybridized carbons (Fsp3) is 0.833. The Morgan fingerprint density at radius 2 is 2.22 bits per heavy atom. The lowest BCUT2D eigenvalue weighted by atomic mass is 10.0. The number of carbonyl (C=O) groups excluding carboxylic acids is 2. The van der Waals surface area contributed by atoms with Gasteiger partial charge < -0.3 is 19.6 Å². The topological polar surface area (TPSA) is 67.9 Å². The molecule has 1 unspecified atom stereocenters. The second-order valence-electron chi connectivity index (χ2n) is 4.78. The molecule has 2 rings (SSSR count). The van der Waals surface area contributed by atoms with E-state index in [-0.39, 0.29) is 12.5 Å². The molecule has 6 nitrogen and oxygen atoms in total. The first-order chi connectivity index (χ1) is 8.72. The van der Waals surface area contributed by atoms with Crippen LogP contribution < -0.4 is 5.32 Å². The van der Waals surface area contributed by atoms with Crippen molar-refractivity contribution in [3.05, 3.63) is 0 Å². The lowest BCUT2D eigenvalue weighted by Gasteiger charge is -2.36. The summed E-state index contributed by atoms with van der Waals surface area (Å²) in [5.74, 6) is -0.525. The van der Waals surface area contributed by atoms with Gasteiger partial charge >= 0.3 is 5.97 Å². The Kier molecular flexibility index (Phi) is 4.68. The summed E-state index contributed by atoms with van der Waals surface area (Å²) in [5, 5.41) is 3.31. The SMILES string of the molecule is C[C@@H]1COC(OC(=O)CC=O)N1C1CCNCC1. The monoisotopic (exact) mass is 256 g/mol. The Morgan fingerprint density at radius 3 is 2.89 bits per heavy atom. The molecule has 18 heavy (non-hydrogen) atoms. The van der Waals surface area contributed by atoms with Gasteiger partial charge in [0.25, 0.3) is 6.41 Å². The van der Waals surface area contributed by atoms with Gasteiger partial charge in [-0.25, -0.2) is 4.90 Å². The third-order valence-electron chi connectivity index (χ3n) is 3.44. The van der Waals surface area contributed by atoms with Crippen LogP contribution in [0.25, 0.3) is 0 Å². The third-order valence-corrected chi connectivity index (χ3v) is 3.44. The average Bonchev–Trinajstić information content (AvgIpc) is 2.72. The fourth-order valence-corrected chi connectivity index (χ4v) is 2.56. The van der Waals surface area contributed by atoms with E-state index in [0.29, 0.717) is 18.9 Å². The summed E-state index contributed by atoms with van der Waals surface area (Å²) >= 11 is 0. The maximum atomic E-state index is 11.4. The highest BCUT2D eigenvalue weighted by molar-refractivity contribution is 5.83. The first-order valence-corrected chi connectivity index (χ1v) is 6.45. The predicted octanol–water partition coefficient (Wildman–Crippen LogP) is -0.125. The Balaban J connectivity index is 1.95. The van der Waals surface area contributed by atoms with Gasteiger partial charge in [0, 0.05) is 12.1 Å². The Bertz CT molecular complexity index is 304. The van der Waals surface area contributed by atoms with Gasteiger partial charge in [0.2, 0.25) is 0 Å². The summed E-state index contributed by atoms with van der Waals surface area (Å²) in [6.07, 6.45) is 1.75. The van der Waals surface area contributed by atoms with Gasteiger partial charge in [0.1, 0.15) is 12.7 Å². The van der Waals surface area contributed by atoms with Crippen molar-refractivity contribution < 1.29 is 19.1 Å². The number of nitrogens with one attached hydrogen (secondary N) is 1. The van der Waals surface area contributed by atoms with Crippen LogP contribution >= 0.6 is 0 Å². The summed E-state index contributed by atoms with van der Waals surface area (Å²) in [4.78, 5) is 23.7. The van der Waals surface area contributed by atoms with Crippen LogP contribution in [0.3, 0.4) is 0 Å². The van der Waals surface area contributed by atoms with E-state index in [2.05, 4.69) is 17.1 Å². The quantitative estimate of drug-likeness (QED) is 0.429. The molecule has 0 aliphatic carbocycles. The van der Waals surface area contributed by atoms with Gasteiger partial charge in [0.15, 0.2) is 0 Å². The molecule has 2 saturated heterocycles. The molecule has 0 spiro atoms. The van der Waals surface area contributed by atoms with Crippen molar-refractivity contribution in [2.75, 3.05) is 19.7 Å². The van der Waals surface area contributed by atoms with Gasteiger partial charge in [-0.3, -0.25) is 4.79 Å². The van der Waals surface area contributed by atoms with Crippen molar-refractivity contribution in [1.29, 1.82) is 0 Å². The highest BCUT2D eigenvalue weighted by Crippen LogP contribution is 2.25. The minimum Gasteiger partial charge on any atom is -0.421 e. The van der Waals surface area contributed by atoms with Crippen molar-refractivity contribution in [1.82, 2.24) is 10.2 Å². The lowest BCUT2D eigenvalue weighted by Crippen LogP contribution is -2.49. The Labute approximate surface area is 107 Å². The Morgan fingerprint density at radius 1 is 1.50 bits per heavy atom. The van der Waals surface area contributed by atoms with E-state index in [9.17, 15) is 9.59 Å². The maximum Gasteiger partial charge on any atom is 0.316 e. The molecule has 0 saturated carbocycles. The van der Waals surface area contributed by atoms with Crippen LogP contribution in [-0.2, 0) is 19.1 Å². The highest BCUT2D eigenvalue weighted by Gasteiger charge is 2.39. The zero-order valence-electron chi connectivity index (χ0n) is 10.6. The van der Waals surface area contributed by atoms with E-state index < -0.39 is 12.4 Å². The van der Waals surface area contributed by atoms with E-state index in [0.717, 1.165) is 25.9 Å². The van der Waals surface area contributed by atoms with Crippen LogP contribution in [0.15, 0.2) is 0 Å². The van der Waals surface area contributed by atoms with Crippen LogP contribution in [0.4, 0.5) is 0 Å². The van der Waals surface area contributed by atoms with Crippen LogP contribution in [0.1, 0.15) is 26.2 Å². The summed E-state index contributed by atoms with van der Waals surface area (Å²) in [6, 6.07) is 0.611. The molecule has 0 aromatic heterocycles. The number of ether oxygens (including phenoxy) is 2. The second kappa shape index (κ2) is 6.26. The highest BCUT2D eigenvalue weighted by atomic mass is 16.7. The zero-order valence-corrected chi connectivity index (χ0v) is 10.6. The molecule has 2 aliphatic heterocycles. The first kappa shape index (κ1) is 13.5. The molecule has 0 radical (unpaired) electrons. The molecular formula is C12H20N2O4. The molecule has 2 heterocycles. The van der Waals surface area contributed by atoms with E-state index in [1.807, 2.05) is 0 Å².